The maximum absolute atomic E-state index is 10.5. The van der Waals surface area contributed by atoms with E-state index in [-0.39, 0.29) is 17.9 Å². The molecule has 0 spiro atoms. The van der Waals surface area contributed by atoms with Crippen LogP contribution in [0.3, 0.4) is 0 Å². The van der Waals surface area contributed by atoms with Gasteiger partial charge in [0.1, 0.15) is 0 Å². The van der Waals surface area contributed by atoms with Crippen molar-refractivity contribution in [2.45, 2.75) is 20.3 Å². The van der Waals surface area contributed by atoms with Gasteiger partial charge >= 0.3 is 5.97 Å². The molecule has 1 rings (SSSR count). The van der Waals surface area contributed by atoms with Crippen molar-refractivity contribution in [3.8, 4) is 11.5 Å². The van der Waals surface area contributed by atoms with Gasteiger partial charge in [0.2, 0.25) is 0 Å². The van der Waals surface area contributed by atoms with E-state index < -0.39 is 5.97 Å². The lowest BCUT2D eigenvalue weighted by Gasteiger charge is -2.10. The second-order valence-corrected chi connectivity index (χ2v) is 3.24. The number of benzene rings is 1. The number of phenols is 2. The summed E-state index contributed by atoms with van der Waals surface area (Å²) < 4.78 is 0. The second kappa shape index (κ2) is 3.57. The third kappa shape index (κ3) is 1.79. The summed E-state index contributed by atoms with van der Waals surface area (Å²) in [5.74, 6) is -1.41. The van der Waals surface area contributed by atoms with Crippen molar-refractivity contribution in [1.82, 2.24) is 0 Å². The monoisotopic (exact) mass is 196 g/mol. The summed E-state index contributed by atoms with van der Waals surface area (Å²) in [5, 5.41) is 27.3. The number of hydrogen-bond acceptors (Lipinski definition) is 3. The molecule has 14 heavy (non-hydrogen) atoms. The van der Waals surface area contributed by atoms with Crippen LogP contribution in [0.4, 0.5) is 0 Å². The molecule has 0 aliphatic carbocycles. The van der Waals surface area contributed by atoms with E-state index in [1.807, 2.05) is 0 Å². The molecule has 0 aliphatic rings. The second-order valence-electron chi connectivity index (χ2n) is 3.24. The van der Waals surface area contributed by atoms with E-state index in [1.165, 1.54) is 6.07 Å². The number of aliphatic carboxylic acids is 1. The fraction of sp³-hybridized carbons (Fsp3) is 0.300. The predicted molar refractivity (Wildman–Crippen MR) is 50.6 cm³/mol. The Morgan fingerprint density at radius 3 is 2.43 bits per heavy atom. The average Bonchev–Trinajstić information content (AvgIpc) is 2.09. The van der Waals surface area contributed by atoms with Gasteiger partial charge in [-0.1, -0.05) is 0 Å². The molecule has 0 fully saturated rings. The van der Waals surface area contributed by atoms with Gasteiger partial charge in [0.25, 0.3) is 0 Å². The fourth-order valence-corrected chi connectivity index (χ4v) is 1.41. The molecule has 0 bridgehead atoms. The number of carboxylic acids is 1. The van der Waals surface area contributed by atoms with Crippen molar-refractivity contribution >= 4 is 5.97 Å². The predicted octanol–water partition coefficient (Wildman–Crippen LogP) is 1.34. The van der Waals surface area contributed by atoms with Crippen LogP contribution in [0.15, 0.2) is 6.07 Å². The minimum atomic E-state index is -0.957. The Balaban J connectivity index is 3.29. The molecule has 0 amide bonds. The minimum Gasteiger partial charge on any atom is -0.504 e. The van der Waals surface area contributed by atoms with Crippen LogP contribution in [-0.4, -0.2) is 21.3 Å². The highest BCUT2D eigenvalue weighted by Gasteiger charge is 2.13. The number of phenolic OH excluding ortho intramolecular Hbond substituents is 2. The molecule has 76 valence electrons. The van der Waals surface area contributed by atoms with E-state index in [0.717, 1.165) is 0 Å². The Hall–Kier alpha value is -1.71. The van der Waals surface area contributed by atoms with Gasteiger partial charge < -0.3 is 15.3 Å². The standard InChI is InChI=1S/C10H12O4/c1-5-3-8(11)10(14)6(2)7(5)4-9(12)13/h3,11,14H,4H2,1-2H3,(H,12,13). The van der Waals surface area contributed by atoms with Gasteiger partial charge in [-0.25, -0.2) is 0 Å². The first-order valence-corrected chi connectivity index (χ1v) is 4.16. The van der Waals surface area contributed by atoms with Crippen molar-refractivity contribution in [3.05, 3.63) is 22.8 Å². The Labute approximate surface area is 81.4 Å². The highest BCUT2D eigenvalue weighted by atomic mass is 16.4. The fourth-order valence-electron chi connectivity index (χ4n) is 1.41. The lowest BCUT2D eigenvalue weighted by Crippen LogP contribution is -2.04. The van der Waals surface area contributed by atoms with Gasteiger partial charge in [0, 0.05) is 0 Å². The number of carboxylic acid groups (broad SMARTS) is 1. The molecule has 0 aromatic heterocycles. The van der Waals surface area contributed by atoms with Crippen molar-refractivity contribution in [3.63, 3.8) is 0 Å². The van der Waals surface area contributed by atoms with E-state index in [2.05, 4.69) is 0 Å². The molecule has 0 saturated heterocycles. The van der Waals surface area contributed by atoms with E-state index >= 15 is 0 Å². The maximum atomic E-state index is 10.5. The highest BCUT2D eigenvalue weighted by molar-refractivity contribution is 5.72. The Morgan fingerprint density at radius 2 is 1.93 bits per heavy atom. The van der Waals surface area contributed by atoms with Crippen LogP contribution in [0.25, 0.3) is 0 Å². The zero-order chi connectivity index (χ0) is 10.9. The van der Waals surface area contributed by atoms with Gasteiger partial charge in [-0.2, -0.15) is 0 Å². The van der Waals surface area contributed by atoms with Crippen LogP contribution in [0.1, 0.15) is 16.7 Å². The van der Waals surface area contributed by atoms with Crippen LogP contribution in [0.5, 0.6) is 11.5 Å². The summed E-state index contributed by atoms with van der Waals surface area (Å²) in [6, 6.07) is 1.36. The summed E-state index contributed by atoms with van der Waals surface area (Å²) in [5.41, 5.74) is 1.64. The third-order valence-corrected chi connectivity index (χ3v) is 2.21. The molecule has 0 saturated carbocycles. The first kappa shape index (κ1) is 10.4. The van der Waals surface area contributed by atoms with Crippen LogP contribution in [0, 0.1) is 13.8 Å². The largest absolute Gasteiger partial charge is 0.504 e. The molecule has 1 aromatic rings. The molecule has 4 heteroatoms. The lowest BCUT2D eigenvalue weighted by molar-refractivity contribution is -0.136. The number of carbonyl (C=O) groups is 1. The first-order chi connectivity index (χ1) is 6.43. The van der Waals surface area contributed by atoms with Crippen LogP contribution >= 0.6 is 0 Å². The van der Waals surface area contributed by atoms with Crippen molar-refractivity contribution in [2.75, 3.05) is 0 Å². The third-order valence-electron chi connectivity index (χ3n) is 2.21. The smallest absolute Gasteiger partial charge is 0.307 e. The molecular weight excluding hydrogens is 184 g/mol. The van der Waals surface area contributed by atoms with E-state index in [0.29, 0.717) is 16.7 Å². The average molecular weight is 196 g/mol. The van der Waals surface area contributed by atoms with Crippen LogP contribution < -0.4 is 0 Å². The van der Waals surface area contributed by atoms with Crippen molar-refractivity contribution in [2.24, 2.45) is 0 Å². The molecule has 0 heterocycles. The normalized spacial score (nSPS) is 10.1. The molecule has 0 aliphatic heterocycles. The number of hydrogen-bond donors (Lipinski definition) is 3. The zero-order valence-electron chi connectivity index (χ0n) is 8.03. The number of aryl methyl sites for hydroxylation is 1. The summed E-state index contributed by atoms with van der Waals surface area (Å²) in [7, 11) is 0. The van der Waals surface area contributed by atoms with Gasteiger partial charge in [-0.3, -0.25) is 4.79 Å². The van der Waals surface area contributed by atoms with Gasteiger partial charge in [-0.15, -0.1) is 0 Å². The van der Waals surface area contributed by atoms with Crippen molar-refractivity contribution in [1.29, 1.82) is 0 Å². The van der Waals surface area contributed by atoms with Gasteiger partial charge in [0.05, 0.1) is 6.42 Å². The first-order valence-electron chi connectivity index (χ1n) is 4.16. The topological polar surface area (TPSA) is 77.8 Å². The lowest BCUT2D eigenvalue weighted by atomic mass is 9.98. The molecule has 0 atom stereocenters. The highest BCUT2D eigenvalue weighted by Crippen LogP contribution is 2.33. The summed E-state index contributed by atoms with van der Waals surface area (Å²) in [6.07, 6.45) is -0.147. The van der Waals surface area contributed by atoms with Gasteiger partial charge in [-0.05, 0) is 36.6 Å². The Kier molecular flexibility index (Phi) is 2.65. The summed E-state index contributed by atoms with van der Waals surface area (Å²) in [4.78, 5) is 10.5. The van der Waals surface area contributed by atoms with Crippen LogP contribution in [-0.2, 0) is 11.2 Å². The molecule has 0 radical (unpaired) electrons. The quantitative estimate of drug-likeness (QED) is 0.624. The zero-order valence-corrected chi connectivity index (χ0v) is 8.03. The summed E-state index contributed by atoms with van der Waals surface area (Å²) >= 11 is 0. The Morgan fingerprint density at radius 1 is 1.36 bits per heavy atom. The molecule has 1 aromatic carbocycles. The van der Waals surface area contributed by atoms with E-state index in [4.69, 9.17) is 5.11 Å². The van der Waals surface area contributed by atoms with Crippen LogP contribution in [0.2, 0.25) is 0 Å². The maximum Gasteiger partial charge on any atom is 0.307 e. The molecular formula is C10H12O4. The van der Waals surface area contributed by atoms with Gasteiger partial charge in [0.15, 0.2) is 11.5 Å². The van der Waals surface area contributed by atoms with E-state index in [9.17, 15) is 15.0 Å². The molecule has 4 nitrogen and oxygen atoms in total. The molecule has 0 unspecified atom stereocenters. The molecule has 3 N–H and O–H groups in total. The van der Waals surface area contributed by atoms with Crippen molar-refractivity contribution < 1.29 is 20.1 Å². The van der Waals surface area contributed by atoms with E-state index in [1.54, 1.807) is 13.8 Å². The number of rotatable bonds is 2. The minimum absolute atomic E-state index is 0.147. The number of aromatic hydroxyl groups is 2. The SMILES string of the molecule is Cc1cc(O)c(O)c(C)c1CC(=O)O. The Bertz CT molecular complexity index is 382. The summed E-state index contributed by atoms with van der Waals surface area (Å²) in [6.45, 7) is 3.28.